The highest BCUT2D eigenvalue weighted by molar-refractivity contribution is 5.72. The van der Waals surface area contributed by atoms with Gasteiger partial charge in [-0.2, -0.15) is 0 Å². The van der Waals surface area contributed by atoms with E-state index in [9.17, 15) is 4.79 Å². The number of aromatic nitrogens is 4. The van der Waals surface area contributed by atoms with Crippen LogP contribution in [0, 0.1) is 0 Å². The van der Waals surface area contributed by atoms with E-state index < -0.39 is 0 Å². The maximum Gasteiger partial charge on any atom is 0.216 e. The maximum atomic E-state index is 10.8. The van der Waals surface area contributed by atoms with Crippen molar-refractivity contribution in [2.75, 3.05) is 18.4 Å². The summed E-state index contributed by atoms with van der Waals surface area (Å²) in [6.45, 7) is 2.67. The normalized spacial score (nSPS) is 14.6. The number of fused-ring (bicyclic) bond motifs is 1. The number of nitrogens with zero attached hydrogens (tertiary/aromatic N) is 4. The third-order valence-corrected chi connectivity index (χ3v) is 3.09. The molecule has 2 aromatic rings. The zero-order valence-electron chi connectivity index (χ0n) is 10.8. The Kier molecular flexibility index (Phi) is 3.02. The first-order valence-electron chi connectivity index (χ1n) is 6.43. The molecule has 7 nitrogen and oxygen atoms in total. The van der Waals surface area contributed by atoms with Crippen molar-refractivity contribution in [3.8, 4) is 0 Å². The molecule has 0 aliphatic heterocycles. The van der Waals surface area contributed by atoms with E-state index in [1.807, 2.05) is 10.6 Å². The van der Waals surface area contributed by atoms with Gasteiger partial charge in [-0.3, -0.25) is 9.20 Å². The van der Waals surface area contributed by atoms with Crippen LogP contribution in [0.1, 0.15) is 31.5 Å². The molecule has 0 unspecified atom stereocenters. The van der Waals surface area contributed by atoms with E-state index in [2.05, 4.69) is 25.8 Å². The molecule has 2 aromatic heterocycles. The Hall–Kier alpha value is -2.18. The summed E-state index contributed by atoms with van der Waals surface area (Å²) in [6.07, 6.45) is 6.01. The molecule has 0 aromatic carbocycles. The second-order valence-corrected chi connectivity index (χ2v) is 4.71. The number of rotatable bonds is 5. The highest BCUT2D eigenvalue weighted by Gasteiger charge is 2.29. The average Bonchev–Trinajstić information content (AvgIpc) is 3.14. The molecule has 0 saturated heterocycles. The van der Waals surface area contributed by atoms with Crippen molar-refractivity contribution in [2.24, 2.45) is 0 Å². The van der Waals surface area contributed by atoms with E-state index in [-0.39, 0.29) is 5.91 Å². The molecule has 0 atom stereocenters. The number of carbonyl (C=O) groups is 1. The van der Waals surface area contributed by atoms with E-state index in [1.54, 1.807) is 6.20 Å². The van der Waals surface area contributed by atoms with E-state index in [4.69, 9.17) is 0 Å². The highest BCUT2D eigenvalue weighted by atomic mass is 16.1. The quantitative estimate of drug-likeness (QED) is 0.767. The lowest BCUT2D eigenvalue weighted by molar-refractivity contribution is -0.118. The molecule has 1 saturated carbocycles. The molecule has 1 aliphatic carbocycles. The standard InChI is InChI=1S/C12H16N6O/c1-8(19)13-4-5-14-10-12-17-16-11(9-2-3-9)18(12)7-6-15-10/h6-7,9H,2-5H2,1H3,(H,13,19)(H,14,15). The van der Waals surface area contributed by atoms with Crippen LogP contribution in [0.25, 0.3) is 5.65 Å². The molecular formula is C12H16N6O. The largest absolute Gasteiger partial charge is 0.365 e. The SMILES string of the molecule is CC(=O)NCCNc1nccn2c(C3CC3)nnc12. The van der Waals surface area contributed by atoms with Crippen molar-refractivity contribution in [1.82, 2.24) is 24.9 Å². The summed E-state index contributed by atoms with van der Waals surface area (Å²) in [6, 6.07) is 0. The lowest BCUT2D eigenvalue weighted by atomic mass is 10.4. The molecule has 100 valence electrons. The minimum Gasteiger partial charge on any atom is -0.365 e. The number of hydrogen-bond acceptors (Lipinski definition) is 5. The van der Waals surface area contributed by atoms with Crippen LogP contribution >= 0.6 is 0 Å². The summed E-state index contributed by atoms with van der Waals surface area (Å²) in [7, 11) is 0. The van der Waals surface area contributed by atoms with Crippen molar-refractivity contribution >= 4 is 17.4 Å². The van der Waals surface area contributed by atoms with E-state index in [0.29, 0.717) is 24.8 Å². The fourth-order valence-electron chi connectivity index (χ4n) is 2.01. The van der Waals surface area contributed by atoms with Gasteiger partial charge >= 0.3 is 0 Å². The minimum atomic E-state index is -0.0357. The number of nitrogens with one attached hydrogen (secondary N) is 2. The van der Waals surface area contributed by atoms with Gasteiger partial charge in [0, 0.05) is 38.3 Å². The van der Waals surface area contributed by atoms with Crippen molar-refractivity contribution < 1.29 is 4.79 Å². The Morgan fingerprint density at radius 3 is 3.00 bits per heavy atom. The molecule has 0 radical (unpaired) electrons. The third kappa shape index (κ3) is 2.49. The van der Waals surface area contributed by atoms with Gasteiger partial charge in [0.15, 0.2) is 5.82 Å². The maximum absolute atomic E-state index is 10.8. The molecule has 7 heteroatoms. The summed E-state index contributed by atoms with van der Waals surface area (Å²) < 4.78 is 1.99. The second kappa shape index (κ2) is 4.83. The molecule has 0 bridgehead atoms. The van der Waals surface area contributed by atoms with Crippen LogP contribution in [0.2, 0.25) is 0 Å². The van der Waals surface area contributed by atoms with Gasteiger partial charge < -0.3 is 10.6 Å². The smallest absolute Gasteiger partial charge is 0.216 e. The molecule has 0 spiro atoms. The van der Waals surface area contributed by atoms with Gasteiger partial charge in [0.25, 0.3) is 0 Å². The predicted octanol–water partition coefficient (Wildman–Crippen LogP) is 0.550. The van der Waals surface area contributed by atoms with Crippen LogP contribution in [0.15, 0.2) is 12.4 Å². The van der Waals surface area contributed by atoms with Crippen molar-refractivity contribution in [3.05, 3.63) is 18.2 Å². The van der Waals surface area contributed by atoms with Gasteiger partial charge in [0.1, 0.15) is 5.82 Å². The number of hydrogen-bond donors (Lipinski definition) is 2. The van der Waals surface area contributed by atoms with Gasteiger partial charge in [-0.1, -0.05) is 0 Å². The first kappa shape index (κ1) is 11.9. The summed E-state index contributed by atoms with van der Waals surface area (Å²) in [4.78, 5) is 15.0. The topological polar surface area (TPSA) is 84.2 Å². The van der Waals surface area contributed by atoms with E-state index >= 15 is 0 Å². The molecular weight excluding hydrogens is 244 g/mol. The van der Waals surface area contributed by atoms with Crippen LogP contribution in [-0.4, -0.2) is 38.6 Å². The Labute approximate surface area is 110 Å². The molecule has 3 rings (SSSR count). The van der Waals surface area contributed by atoms with Crippen molar-refractivity contribution in [3.63, 3.8) is 0 Å². The van der Waals surface area contributed by atoms with Gasteiger partial charge in [0.05, 0.1) is 0 Å². The number of carbonyl (C=O) groups excluding carboxylic acids is 1. The van der Waals surface area contributed by atoms with Gasteiger partial charge in [-0.25, -0.2) is 4.98 Å². The van der Waals surface area contributed by atoms with E-state index in [0.717, 1.165) is 11.5 Å². The first-order valence-corrected chi connectivity index (χ1v) is 6.43. The van der Waals surface area contributed by atoms with Crippen LogP contribution in [0.5, 0.6) is 0 Å². The molecule has 19 heavy (non-hydrogen) atoms. The number of amides is 1. The zero-order chi connectivity index (χ0) is 13.2. The van der Waals surface area contributed by atoms with E-state index in [1.165, 1.54) is 19.8 Å². The Bertz CT molecular complexity index is 603. The summed E-state index contributed by atoms with van der Waals surface area (Å²) in [5.41, 5.74) is 0.743. The Balaban J connectivity index is 1.74. The molecule has 1 fully saturated rings. The average molecular weight is 260 g/mol. The third-order valence-electron chi connectivity index (χ3n) is 3.09. The Morgan fingerprint density at radius 2 is 2.26 bits per heavy atom. The van der Waals surface area contributed by atoms with Crippen LogP contribution in [0.3, 0.4) is 0 Å². The van der Waals surface area contributed by atoms with Crippen LogP contribution in [-0.2, 0) is 4.79 Å². The molecule has 2 heterocycles. The molecule has 1 amide bonds. The summed E-state index contributed by atoms with van der Waals surface area (Å²) >= 11 is 0. The number of anilines is 1. The van der Waals surface area contributed by atoms with Gasteiger partial charge in [0.2, 0.25) is 11.6 Å². The lowest BCUT2D eigenvalue weighted by Gasteiger charge is -2.06. The second-order valence-electron chi connectivity index (χ2n) is 4.71. The first-order chi connectivity index (χ1) is 9.25. The fraction of sp³-hybridized carbons (Fsp3) is 0.500. The van der Waals surface area contributed by atoms with Crippen LogP contribution in [0.4, 0.5) is 5.82 Å². The predicted molar refractivity (Wildman–Crippen MR) is 69.9 cm³/mol. The van der Waals surface area contributed by atoms with Gasteiger partial charge in [-0.15, -0.1) is 10.2 Å². The minimum absolute atomic E-state index is 0.0357. The zero-order valence-corrected chi connectivity index (χ0v) is 10.8. The summed E-state index contributed by atoms with van der Waals surface area (Å²) in [5, 5.41) is 14.3. The van der Waals surface area contributed by atoms with Crippen molar-refractivity contribution in [1.29, 1.82) is 0 Å². The molecule has 2 N–H and O–H groups in total. The highest BCUT2D eigenvalue weighted by Crippen LogP contribution is 2.39. The molecule has 1 aliphatic rings. The lowest BCUT2D eigenvalue weighted by Crippen LogP contribution is -2.26. The fourth-order valence-corrected chi connectivity index (χ4v) is 2.01. The van der Waals surface area contributed by atoms with Crippen LogP contribution < -0.4 is 10.6 Å². The Morgan fingerprint density at radius 1 is 1.42 bits per heavy atom. The summed E-state index contributed by atoms with van der Waals surface area (Å²) in [5.74, 6) is 2.23. The van der Waals surface area contributed by atoms with Gasteiger partial charge in [-0.05, 0) is 12.8 Å². The monoisotopic (exact) mass is 260 g/mol. The van der Waals surface area contributed by atoms with Crippen molar-refractivity contribution in [2.45, 2.75) is 25.7 Å².